The van der Waals surface area contributed by atoms with E-state index in [1.807, 2.05) is 49.4 Å². The van der Waals surface area contributed by atoms with E-state index in [1.165, 1.54) is 0 Å². The van der Waals surface area contributed by atoms with Crippen molar-refractivity contribution in [3.8, 4) is 11.5 Å². The summed E-state index contributed by atoms with van der Waals surface area (Å²) in [6, 6.07) is 26.8. The average molecular weight is 538 g/mol. The number of halogens is 1. The Balaban J connectivity index is 1.50. The van der Waals surface area contributed by atoms with Gasteiger partial charge in [0, 0.05) is 10.7 Å². The van der Waals surface area contributed by atoms with E-state index in [4.69, 9.17) is 25.5 Å². The van der Waals surface area contributed by atoms with Gasteiger partial charge in [0.25, 0.3) is 5.91 Å². The molecule has 1 aromatic heterocycles. The summed E-state index contributed by atoms with van der Waals surface area (Å²) in [5.74, 6) is 0.631. The van der Waals surface area contributed by atoms with E-state index >= 15 is 0 Å². The van der Waals surface area contributed by atoms with Crippen molar-refractivity contribution >= 4 is 34.2 Å². The maximum absolute atomic E-state index is 13.9. The highest BCUT2D eigenvalue weighted by Gasteiger charge is 2.44. The van der Waals surface area contributed by atoms with Gasteiger partial charge in [0.15, 0.2) is 16.9 Å². The van der Waals surface area contributed by atoms with Crippen LogP contribution < -0.4 is 19.8 Å². The zero-order chi connectivity index (χ0) is 27.1. The molecule has 4 aromatic carbocycles. The van der Waals surface area contributed by atoms with Gasteiger partial charge in [-0.15, -0.1) is 0 Å². The van der Waals surface area contributed by atoms with Crippen LogP contribution in [0.25, 0.3) is 11.0 Å². The molecule has 39 heavy (non-hydrogen) atoms. The minimum Gasteiger partial charge on any atom is -0.493 e. The lowest BCUT2D eigenvalue weighted by Gasteiger charge is -2.26. The second kappa shape index (κ2) is 9.97. The molecule has 5 aromatic rings. The fourth-order valence-corrected chi connectivity index (χ4v) is 5.19. The van der Waals surface area contributed by atoms with Crippen LogP contribution in [0.5, 0.6) is 11.5 Å². The summed E-state index contributed by atoms with van der Waals surface area (Å²) in [5.41, 5.74) is 3.55. The number of aryl methyl sites for hydroxylation is 1. The van der Waals surface area contributed by atoms with Crippen molar-refractivity contribution in [1.29, 1.82) is 0 Å². The van der Waals surface area contributed by atoms with Gasteiger partial charge in [-0.25, -0.2) is 0 Å². The topological polar surface area (TPSA) is 69.0 Å². The smallest absolute Gasteiger partial charge is 0.295 e. The molecule has 194 valence electrons. The van der Waals surface area contributed by atoms with E-state index in [0.717, 1.165) is 11.1 Å². The summed E-state index contributed by atoms with van der Waals surface area (Å²) in [7, 11) is 1.56. The molecule has 1 unspecified atom stereocenters. The molecule has 0 radical (unpaired) electrons. The maximum Gasteiger partial charge on any atom is 0.295 e. The predicted molar refractivity (Wildman–Crippen MR) is 151 cm³/mol. The second-order valence-corrected chi connectivity index (χ2v) is 9.85. The Kier molecular flexibility index (Phi) is 6.33. The Morgan fingerprint density at radius 3 is 2.49 bits per heavy atom. The van der Waals surface area contributed by atoms with Crippen molar-refractivity contribution in [2.45, 2.75) is 19.6 Å². The Bertz CT molecular complexity index is 1780. The van der Waals surface area contributed by atoms with Gasteiger partial charge in [-0.05, 0) is 60.5 Å². The largest absolute Gasteiger partial charge is 0.493 e. The molecule has 1 aliphatic heterocycles. The molecule has 1 aliphatic rings. The number of carbonyl (C=O) groups is 1. The first kappa shape index (κ1) is 24.8. The number of methoxy groups -OCH3 is 1. The number of amides is 1. The summed E-state index contributed by atoms with van der Waals surface area (Å²) in [4.78, 5) is 29.3. The van der Waals surface area contributed by atoms with E-state index in [9.17, 15) is 9.59 Å². The number of rotatable bonds is 6. The van der Waals surface area contributed by atoms with E-state index in [-0.39, 0.29) is 16.8 Å². The van der Waals surface area contributed by atoms with Crippen LogP contribution in [0.3, 0.4) is 0 Å². The highest BCUT2D eigenvalue weighted by Crippen LogP contribution is 2.43. The van der Waals surface area contributed by atoms with Gasteiger partial charge in [-0.1, -0.05) is 65.7 Å². The number of hydrogen-bond acceptors (Lipinski definition) is 5. The summed E-state index contributed by atoms with van der Waals surface area (Å²) >= 11 is 6.30. The summed E-state index contributed by atoms with van der Waals surface area (Å²) < 4.78 is 17.8. The Morgan fingerprint density at radius 1 is 0.897 bits per heavy atom. The van der Waals surface area contributed by atoms with Crippen LogP contribution in [0.15, 0.2) is 100 Å². The predicted octanol–water partition coefficient (Wildman–Crippen LogP) is 7.09. The lowest BCUT2D eigenvalue weighted by Crippen LogP contribution is -2.29. The number of carbonyl (C=O) groups excluding carboxylic acids is 1. The van der Waals surface area contributed by atoms with Crippen molar-refractivity contribution in [3.63, 3.8) is 0 Å². The Labute approximate surface area is 230 Å². The van der Waals surface area contributed by atoms with Gasteiger partial charge in [0.1, 0.15) is 12.2 Å². The Morgan fingerprint density at radius 2 is 1.72 bits per heavy atom. The molecule has 0 N–H and O–H groups in total. The average Bonchev–Trinajstić information content (AvgIpc) is 3.25. The quantitative estimate of drug-likeness (QED) is 0.231. The first-order valence-electron chi connectivity index (χ1n) is 12.5. The molecular formula is C32H24ClNO5. The number of benzene rings is 4. The molecule has 6 nitrogen and oxygen atoms in total. The number of anilines is 1. The number of hydrogen-bond donors (Lipinski definition) is 0. The first-order valence-corrected chi connectivity index (χ1v) is 12.8. The van der Waals surface area contributed by atoms with Gasteiger partial charge >= 0.3 is 0 Å². The standard InChI is InChI=1S/C32H24ClNO5/c1-19-11-13-25-24(15-19)30(35)28-29(34(32(36)31(28)39-25)23-10-6-9-22(33)17-23)21-12-14-26(27(16-21)37-2)38-18-20-7-4-3-5-8-20/h3-17,29H,18H2,1-2H3. The molecule has 0 saturated heterocycles. The number of fused-ring (bicyclic) bond motifs is 2. The summed E-state index contributed by atoms with van der Waals surface area (Å²) in [6.45, 7) is 2.27. The molecule has 0 bridgehead atoms. The fourth-order valence-electron chi connectivity index (χ4n) is 5.00. The summed E-state index contributed by atoms with van der Waals surface area (Å²) in [5, 5.41) is 0.895. The zero-order valence-electron chi connectivity index (χ0n) is 21.3. The van der Waals surface area contributed by atoms with Gasteiger partial charge in [0.05, 0.1) is 24.1 Å². The molecule has 1 atom stereocenters. The molecule has 2 heterocycles. The van der Waals surface area contributed by atoms with E-state index < -0.39 is 11.9 Å². The third-order valence-corrected chi connectivity index (χ3v) is 7.09. The normalized spacial score (nSPS) is 14.5. The van der Waals surface area contributed by atoms with Crippen molar-refractivity contribution < 1.29 is 18.7 Å². The van der Waals surface area contributed by atoms with Gasteiger partial charge in [-0.2, -0.15) is 0 Å². The SMILES string of the molecule is COc1cc(C2c3c(oc4ccc(C)cc4c3=O)C(=O)N2c2cccc(Cl)c2)ccc1OCc1ccccc1. The molecule has 0 spiro atoms. The second-order valence-electron chi connectivity index (χ2n) is 9.42. The summed E-state index contributed by atoms with van der Waals surface area (Å²) in [6.07, 6.45) is 0. The van der Waals surface area contributed by atoms with Crippen molar-refractivity contribution in [2.75, 3.05) is 12.0 Å². The Hall–Kier alpha value is -4.55. The van der Waals surface area contributed by atoms with Gasteiger partial charge < -0.3 is 13.9 Å². The number of nitrogens with zero attached hydrogens (tertiary/aromatic N) is 1. The molecule has 0 aliphatic carbocycles. The van der Waals surface area contributed by atoms with Gasteiger partial charge in [0.2, 0.25) is 5.76 Å². The maximum atomic E-state index is 13.9. The van der Waals surface area contributed by atoms with Crippen molar-refractivity contribution in [3.05, 3.63) is 134 Å². The molecule has 7 heteroatoms. The first-order chi connectivity index (χ1) is 18.9. The van der Waals surface area contributed by atoms with Gasteiger partial charge in [-0.3, -0.25) is 14.5 Å². The van der Waals surface area contributed by atoms with Crippen LogP contribution in [-0.2, 0) is 6.61 Å². The minimum absolute atomic E-state index is 0.0182. The van der Waals surface area contributed by atoms with Crippen LogP contribution in [0.4, 0.5) is 5.69 Å². The van der Waals surface area contributed by atoms with E-state index in [0.29, 0.717) is 45.3 Å². The third kappa shape index (κ3) is 4.43. The van der Waals surface area contributed by atoms with Crippen LogP contribution in [0.2, 0.25) is 5.02 Å². The van der Waals surface area contributed by atoms with Crippen LogP contribution in [0.1, 0.15) is 38.9 Å². The number of ether oxygens (including phenoxy) is 2. The van der Waals surface area contributed by atoms with Crippen molar-refractivity contribution in [1.82, 2.24) is 0 Å². The van der Waals surface area contributed by atoms with Crippen LogP contribution in [0, 0.1) is 6.92 Å². The zero-order valence-corrected chi connectivity index (χ0v) is 22.1. The monoisotopic (exact) mass is 537 g/mol. The molecule has 1 amide bonds. The molecule has 6 rings (SSSR count). The minimum atomic E-state index is -0.760. The van der Waals surface area contributed by atoms with Crippen molar-refractivity contribution in [2.24, 2.45) is 0 Å². The third-order valence-electron chi connectivity index (χ3n) is 6.85. The molecular weight excluding hydrogens is 514 g/mol. The fraction of sp³-hybridized carbons (Fsp3) is 0.125. The van der Waals surface area contributed by atoms with Crippen LogP contribution in [-0.4, -0.2) is 13.0 Å². The van der Waals surface area contributed by atoms with E-state index in [2.05, 4.69) is 0 Å². The lowest BCUT2D eigenvalue weighted by atomic mass is 9.97. The molecule has 0 fully saturated rings. The van der Waals surface area contributed by atoms with Crippen LogP contribution >= 0.6 is 11.6 Å². The lowest BCUT2D eigenvalue weighted by molar-refractivity contribution is 0.0971. The highest BCUT2D eigenvalue weighted by molar-refractivity contribution is 6.31. The van der Waals surface area contributed by atoms with E-state index in [1.54, 1.807) is 60.5 Å². The molecule has 0 saturated carbocycles. The highest BCUT2D eigenvalue weighted by atomic mass is 35.5.